The Hall–Kier alpha value is -1.93. The fourth-order valence-electron chi connectivity index (χ4n) is 3.11. The van der Waals surface area contributed by atoms with Gasteiger partial charge < -0.3 is 10.6 Å². The van der Waals surface area contributed by atoms with Crippen molar-refractivity contribution in [3.8, 4) is 0 Å². The summed E-state index contributed by atoms with van der Waals surface area (Å²) in [4.78, 5) is 16.7. The van der Waals surface area contributed by atoms with E-state index in [0.29, 0.717) is 5.69 Å². The lowest BCUT2D eigenvalue weighted by atomic mass is 10.1. The van der Waals surface area contributed by atoms with E-state index in [1.54, 1.807) is 30.3 Å². The normalized spacial score (nSPS) is 21.3. The summed E-state index contributed by atoms with van der Waals surface area (Å²) in [5.74, 6) is -1.16. The highest BCUT2D eigenvalue weighted by atomic mass is 35.5. The molecule has 1 atom stereocenters. The maximum absolute atomic E-state index is 13.7. The van der Waals surface area contributed by atoms with Gasteiger partial charge in [-0.05, 0) is 25.0 Å². The van der Waals surface area contributed by atoms with Gasteiger partial charge in [-0.25, -0.2) is 9.41 Å². The summed E-state index contributed by atoms with van der Waals surface area (Å²) in [5, 5.41) is 5.41. The number of rotatable bonds is 3. The highest BCUT2D eigenvalue weighted by molar-refractivity contribution is 6.32. The Bertz CT molecular complexity index is 761. The van der Waals surface area contributed by atoms with Crippen molar-refractivity contribution in [1.82, 2.24) is 9.74 Å². The van der Waals surface area contributed by atoms with E-state index in [2.05, 4.69) is 15.6 Å². The second kappa shape index (κ2) is 7.98. The number of nitrogens with one attached hydrogen (secondary N) is 2. The lowest BCUT2D eigenvalue weighted by molar-refractivity contribution is -0.121. The second-order valence-electron chi connectivity index (χ2n) is 6.27. The fourth-order valence-corrected chi connectivity index (χ4v) is 3.53. The first kappa shape index (κ1) is 19.8. The number of anilines is 1. The maximum Gasteiger partial charge on any atom is 0.433 e. The van der Waals surface area contributed by atoms with Crippen molar-refractivity contribution < 1.29 is 18.0 Å². The van der Waals surface area contributed by atoms with Crippen LogP contribution in [0.25, 0.3) is 0 Å². The average Bonchev–Trinajstić information content (AvgIpc) is 3.10. The van der Waals surface area contributed by atoms with Crippen LogP contribution in [0.15, 0.2) is 46.6 Å². The number of hydrogen-bond donors (Lipinski definition) is 2. The molecule has 146 valence electrons. The highest BCUT2D eigenvalue weighted by Gasteiger charge is 2.47. The van der Waals surface area contributed by atoms with E-state index in [9.17, 15) is 18.0 Å². The molecule has 1 unspecified atom stereocenters. The van der Waals surface area contributed by atoms with Gasteiger partial charge in [-0.15, -0.1) is 0 Å². The zero-order chi connectivity index (χ0) is 19.6. The van der Waals surface area contributed by atoms with Gasteiger partial charge in [-0.1, -0.05) is 42.6 Å². The Morgan fingerprint density at radius 1 is 1.19 bits per heavy atom. The molecule has 0 aromatic heterocycles. The zero-order valence-corrected chi connectivity index (χ0v) is 15.6. The Morgan fingerprint density at radius 2 is 1.81 bits per heavy atom. The van der Waals surface area contributed by atoms with E-state index in [4.69, 9.17) is 23.4 Å². The molecule has 1 aromatic rings. The molecule has 2 aliphatic rings. The predicted molar refractivity (Wildman–Crippen MR) is 98.3 cm³/mol. The van der Waals surface area contributed by atoms with Crippen molar-refractivity contribution in [3.63, 3.8) is 0 Å². The molecule has 0 saturated heterocycles. The molecule has 10 heteroatoms. The molecule has 1 amide bonds. The van der Waals surface area contributed by atoms with E-state index in [-0.39, 0.29) is 16.3 Å². The van der Waals surface area contributed by atoms with Crippen LogP contribution in [0.2, 0.25) is 0 Å². The summed E-state index contributed by atoms with van der Waals surface area (Å²) in [7, 11) is 0. The number of para-hydroxylation sites is 1. The number of nitrogens with zero attached hydrogens (tertiary/aromatic N) is 2. The van der Waals surface area contributed by atoms with Crippen LogP contribution in [0.5, 0.6) is 0 Å². The predicted octanol–water partition coefficient (Wildman–Crippen LogP) is 4.36. The van der Waals surface area contributed by atoms with E-state index in [1.165, 1.54) is 0 Å². The number of carbonyl (C=O) groups excluding carboxylic acids is 1. The van der Waals surface area contributed by atoms with E-state index in [0.717, 1.165) is 25.7 Å². The summed E-state index contributed by atoms with van der Waals surface area (Å²) in [6.07, 6.45) is -1.60. The highest BCUT2D eigenvalue weighted by Crippen LogP contribution is 2.38. The average molecular weight is 421 g/mol. The van der Waals surface area contributed by atoms with Crippen LogP contribution >= 0.6 is 23.4 Å². The van der Waals surface area contributed by atoms with E-state index < -0.39 is 29.0 Å². The van der Waals surface area contributed by atoms with Gasteiger partial charge in [0.05, 0.1) is 0 Å². The number of carbonyl (C=O) groups is 1. The van der Waals surface area contributed by atoms with Crippen molar-refractivity contribution in [2.45, 2.75) is 43.5 Å². The Kier molecular flexibility index (Phi) is 5.86. The number of benzene rings is 1. The molecule has 0 spiro atoms. The van der Waals surface area contributed by atoms with E-state index in [1.807, 2.05) is 0 Å². The van der Waals surface area contributed by atoms with E-state index >= 15 is 0 Å². The van der Waals surface area contributed by atoms with Gasteiger partial charge in [0.15, 0.2) is 5.70 Å². The molecule has 5 nitrogen and oxygen atoms in total. The number of aliphatic imine (C=N–C) groups is 1. The van der Waals surface area contributed by atoms with Gasteiger partial charge in [-0.3, -0.25) is 4.79 Å². The van der Waals surface area contributed by atoms with Crippen LogP contribution in [0.4, 0.5) is 18.9 Å². The van der Waals surface area contributed by atoms with Crippen molar-refractivity contribution in [2.24, 2.45) is 4.99 Å². The number of hydrogen-bond acceptors (Lipinski definition) is 4. The molecule has 1 heterocycles. The monoisotopic (exact) mass is 420 g/mol. The lowest BCUT2D eigenvalue weighted by Crippen LogP contribution is -2.45. The Balaban J connectivity index is 2.01. The maximum atomic E-state index is 13.7. The molecule has 3 rings (SSSR count). The summed E-state index contributed by atoms with van der Waals surface area (Å²) in [5.41, 5.74) is -3.06. The van der Waals surface area contributed by atoms with Crippen LogP contribution < -0.4 is 10.6 Å². The minimum Gasteiger partial charge on any atom is -0.349 e. The summed E-state index contributed by atoms with van der Waals surface area (Å²) >= 11 is 11.6. The SMILES string of the molecule is O=C(NC1CCCC1)C1=C(C(F)(F)F)N(Cl)C(Cl)N=C1Nc1ccccc1. The Labute approximate surface area is 164 Å². The first-order valence-electron chi connectivity index (χ1n) is 8.39. The van der Waals surface area contributed by atoms with Crippen molar-refractivity contribution >= 4 is 40.8 Å². The molecule has 1 saturated carbocycles. The Morgan fingerprint density at radius 3 is 2.41 bits per heavy atom. The largest absolute Gasteiger partial charge is 0.433 e. The second-order valence-corrected chi connectivity index (χ2v) is 7.02. The first-order valence-corrected chi connectivity index (χ1v) is 9.16. The minimum atomic E-state index is -4.89. The van der Waals surface area contributed by atoms with Gasteiger partial charge >= 0.3 is 6.18 Å². The van der Waals surface area contributed by atoms with Crippen molar-refractivity contribution in [2.75, 3.05) is 5.32 Å². The molecule has 0 bridgehead atoms. The standard InChI is InChI=1S/C17H17Cl2F3N4O/c18-16-25-14(23-10-6-2-1-3-7-10)12(13(26(16)19)17(20,21)22)15(27)24-11-8-4-5-9-11/h1-3,6-7,11,16H,4-5,8-9H2,(H,23,25)(H,24,27). The summed E-state index contributed by atoms with van der Waals surface area (Å²) in [6.45, 7) is 0. The fraction of sp³-hybridized carbons (Fsp3) is 0.412. The molecular formula is C17H17Cl2F3N4O. The molecule has 27 heavy (non-hydrogen) atoms. The number of allylic oxidation sites excluding steroid dienone is 1. The van der Waals surface area contributed by atoms with Gasteiger partial charge in [0.1, 0.15) is 11.4 Å². The van der Waals surface area contributed by atoms with Crippen LogP contribution in [0.3, 0.4) is 0 Å². The molecule has 1 fully saturated rings. The number of amidine groups is 1. The van der Waals surface area contributed by atoms with Crippen LogP contribution in [-0.4, -0.2) is 34.0 Å². The molecular weight excluding hydrogens is 404 g/mol. The minimum absolute atomic E-state index is 0.171. The lowest BCUT2D eigenvalue weighted by Gasteiger charge is -2.31. The smallest absolute Gasteiger partial charge is 0.349 e. The number of alkyl halides is 4. The third-order valence-electron chi connectivity index (χ3n) is 4.33. The van der Waals surface area contributed by atoms with Gasteiger partial charge in [0.2, 0.25) is 5.62 Å². The third-order valence-corrected chi connectivity index (χ3v) is 5.08. The molecule has 1 aliphatic carbocycles. The number of amides is 1. The van der Waals surface area contributed by atoms with Gasteiger partial charge in [0.25, 0.3) is 5.91 Å². The molecule has 0 radical (unpaired) electrons. The summed E-state index contributed by atoms with van der Waals surface area (Å²) < 4.78 is 41.3. The topological polar surface area (TPSA) is 56.7 Å². The van der Waals surface area contributed by atoms with Crippen molar-refractivity contribution in [1.29, 1.82) is 0 Å². The molecule has 2 N–H and O–H groups in total. The quantitative estimate of drug-likeness (QED) is 0.433. The van der Waals surface area contributed by atoms with Crippen LogP contribution in [-0.2, 0) is 4.79 Å². The summed E-state index contributed by atoms with van der Waals surface area (Å²) in [6, 6.07) is 8.25. The third kappa shape index (κ3) is 4.50. The zero-order valence-electron chi connectivity index (χ0n) is 14.1. The first-order chi connectivity index (χ1) is 12.8. The molecule has 1 aromatic carbocycles. The van der Waals surface area contributed by atoms with Gasteiger partial charge in [0, 0.05) is 23.5 Å². The van der Waals surface area contributed by atoms with Crippen LogP contribution in [0, 0.1) is 0 Å². The number of halogens is 5. The van der Waals surface area contributed by atoms with Crippen LogP contribution in [0.1, 0.15) is 25.7 Å². The van der Waals surface area contributed by atoms with Crippen molar-refractivity contribution in [3.05, 3.63) is 41.6 Å². The molecule has 1 aliphatic heterocycles. The van der Waals surface area contributed by atoms with Gasteiger partial charge in [-0.2, -0.15) is 13.2 Å².